The maximum absolute atomic E-state index is 5.40. The Bertz CT molecular complexity index is 491. The average Bonchev–Trinajstić information content (AvgIpc) is 2.79. The molecular weight excluding hydrogens is 208 g/mol. The van der Waals surface area contributed by atoms with Gasteiger partial charge in [-0.05, 0) is 23.6 Å². The first-order valence-electron chi connectivity index (χ1n) is 5.77. The lowest BCUT2D eigenvalue weighted by Gasteiger charge is -1.91. The van der Waals surface area contributed by atoms with Gasteiger partial charge in [0.15, 0.2) is 0 Å². The lowest BCUT2D eigenvalue weighted by molar-refractivity contribution is 0.521. The van der Waals surface area contributed by atoms with E-state index in [-0.39, 0.29) is 0 Å². The van der Waals surface area contributed by atoms with E-state index in [2.05, 4.69) is 36.9 Å². The second-order valence-corrected chi connectivity index (χ2v) is 3.93. The molecule has 17 heavy (non-hydrogen) atoms. The van der Waals surface area contributed by atoms with Crippen molar-refractivity contribution in [2.24, 2.45) is 0 Å². The third kappa shape index (κ3) is 3.49. The Balaban J connectivity index is 1.93. The highest BCUT2D eigenvalue weighted by Crippen LogP contribution is 2.11. The summed E-state index contributed by atoms with van der Waals surface area (Å²) in [5, 5.41) is 0. The van der Waals surface area contributed by atoms with Gasteiger partial charge in [-0.1, -0.05) is 48.6 Å². The Morgan fingerprint density at radius 2 is 1.94 bits per heavy atom. The van der Waals surface area contributed by atoms with Crippen molar-refractivity contribution in [3.05, 3.63) is 78.3 Å². The fraction of sp³-hybridized carbons (Fsp3) is 0.125. The quantitative estimate of drug-likeness (QED) is 0.691. The van der Waals surface area contributed by atoms with Crippen LogP contribution in [0.4, 0.5) is 0 Å². The number of hydrogen-bond acceptors (Lipinski definition) is 1. The van der Waals surface area contributed by atoms with Crippen LogP contribution in [0, 0.1) is 0 Å². The van der Waals surface area contributed by atoms with Crippen molar-refractivity contribution >= 4 is 6.08 Å². The molecule has 0 radical (unpaired) electrons. The van der Waals surface area contributed by atoms with E-state index in [1.807, 2.05) is 30.5 Å². The van der Waals surface area contributed by atoms with Gasteiger partial charge in [-0.25, -0.2) is 0 Å². The molecule has 1 aromatic carbocycles. The minimum atomic E-state index is 0.794. The number of benzene rings is 1. The Morgan fingerprint density at radius 1 is 1.12 bits per heavy atom. The molecule has 0 aliphatic heterocycles. The SMILES string of the molecule is C=CCc1cc(C/C=C/c2ccccc2)co1. The summed E-state index contributed by atoms with van der Waals surface area (Å²) in [6.07, 6.45) is 9.63. The predicted molar refractivity (Wildman–Crippen MR) is 71.8 cm³/mol. The van der Waals surface area contributed by atoms with Crippen LogP contribution in [0.15, 0.2) is 65.8 Å². The molecule has 0 unspecified atom stereocenters. The second kappa shape index (κ2) is 5.90. The van der Waals surface area contributed by atoms with Crippen molar-refractivity contribution < 1.29 is 4.42 Å². The van der Waals surface area contributed by atoms with E-state index < -0.39 is 0 Å². The van der Waals surface area contributed by atoms with Crippen LogP contribution < -0.4 is 0 Å². The molecule has 0 saturated heterocycles. The molecule has 0 bridgehead atoms. The predicted octanol–water partition coefficient (Wildman–Crippen LogP) is 4.26. The number of furan rings is 1. The zero-order valence-electron chi connectivity index (χ0n) is 9.80. The smallest absolute Gasteiger partial charge is 0.107 e. The van der Waals surface area contributed by atoms with Crippen LogP contribution in [0.3, 0.4) is 0 Å². The number of rotatable bonds is 5. The molecule has 1 heteroatoms. The summed E-state index contributed by atoms with van der Waals surface area (Å²) in [5.74, 6) is 0.975. The lowest BCUT2D eigenvalue weighted by Crippen LogP contribution is -1.76. The summed E-state index contributed by atoms with van der Waals surface area (Å²) in [4.78, 5) is 0. The summed E-state index contributed by atoms with van der Waals surface area (Å²) in [5.41, 5.74) is 2.43. The van der Waals surface area contributed by atoms with Gasteiger partial charge in [-0.15, -0.1) is 6.58 Å². The van der Waals surface area contributed by atoms with Crippen molar-refractivity contribution in [2.45, 2.75) is 12.8 Å². The molecule has 0 aliphatic carbocycles. The molecule has 86 valence electrons. The zero-order chi connectivity index (χ0) is 11.9. The van der Waals surface area contributed by atoms with Gasteiger partial charge in [0, 0.05) is 6.42 Å². The molecule has 2 aromatic rings. The van der Waals surface area contributed by atoms with Gasteiger partial charge in [0.25, 0.3) is 0 Å². The Hall–Kier alpha value is -2.02. The summed E-state index contributed by atoms with van der Waals surface area (Å²) in [7, 11) is 0. The van der Waals surface area contributed by atoms with E-state index >= 15 is 0 Å². The summed E-state index contributed by atoms with van der Waals surface area (Å²) < 4.78 is 5.40. The normalized spacial score (nSPS) is 10.8. The topological polar surface area (TPSA) is 13.1 Å². The highest BCUT2D eigenvalue weighted by Gasteiger charge is 1.97. The molecule has 0 aliphatic rings. The molecule has 0 amide bonds. The highest BCUT2D eigenvalue weighted by atomic mass is 16.3. The van der Waals surface area contributed by atoms with Crippen molar-refractivity contribution in [1.29, 1.82) is 0 Å². The van der Waals surface area contributed by atoms with Crippen LogP contribution in [0.2, 0.25) is 0 Å². The molecule has 0 fully saturated rings. The van der Waals surface area contributed by atoms with Crippen LogP contribution in [0.5, 0.6) is 0 Å². The summed E-state index contributed by atoms with van der Waals surface area (Å²) >= 11 is 0. The van der Waals surface area contributed by atoms with Gasteiger partial charge in [0.05, 0.1) is 6.26 Å². The van der Waals surface area contributed by atoms with E-state index in [0.29, 0.717) is 0 Å². The first kappa shape index (κ1) is 11.5. The molecule has 0 atom stereocenters. The van der Waals surface area contributed by atoms with Crippen LogP contribution in [0.25, 0.3) is 6.08 Å². The fourth-order valence-corrected chi connectivity index (χ4v) is 1.68. The van der Waals surface area contributed by atoms with Gasteiger partial charge in [0.1, 0.15) is 5.76 Å². The fourth-order valence-electron chi connectivity index (χ4n) is 1.68. The van der Waals surface area contributed by atoms with Gasteiger partial charge in [-0.3, -0.25) is 0 Å². The van der Waals surface area contributed by atoms with E-state index in [1.165, 1.54) is 11.1 Å². The average molecular weight is 224 g/mol. The molecule has 1 nitrogen and oxygen atoms in total. The van der Waals surface area contributed by atoms with Crippen LogP contribution in [0.1, 0.15) is 16.9 Å². The molecule has 0 saturated carbocycles. The molecule has 2 rings (SSSR count). The molecular formula is C16H16O. The molecule has 1 heterocycles. The van der Waals surface area contributed by atoms with Gasteiger partial charge >= 0.3 is 0 Å². The third-order valence-corrected chi connectivity index (χ3v) is 2.52. The monoisotopic (exact) mass is 224 g/mol. The van der Waals surface area contributed by atoms with E-state index in [0.717, 1.165) is 18.6 Å². The largest absolute Gasteiger partial charge is 0.469 e. The lowest BCUT2D eigenvalue weighted by atomic mass is 10.1. The van der Waals surface area contributed by atoms with Crippen LogP contribution in [-0.2, 0) is 12.8 Å². The molecule has 0 spiro atoms. The number of allylic oxidation sites excluding steroid dienone is 2. The minimum absolute atomic E-state index is 0.794. The molecule has 1 aromatic heterocycles. The zero-order valence-corrected chi connectivity index (χ0v) is 9.80. The second-order valence-electron chi connectivity index (χ2n) is 3.93. The maximum Gasteiger partial charge on any atom is 0.107 e. The van der Waals surface area contributed by atoms with E-state index in [9.17, 15) is 0 Å². The van der Waals surface area contributed by atoms with Crippen molar-refractivity contribution in [3.63, 3.8) is 0 Å². The minimum Gasteiger partial charge on any atom is -0.469 e. The van der Waals surface area contributed by atoms with Crippen molar-refractivity contribution in [1.82, 2.24) is 0 Å². The standard InChI is InChI=1S/C16H16O/c1-2-7-16-12-15(13-17-16)11-6-10-14-8-4-3-5-9-14/h2-6,8-10,12-13H,1,7,11H2/b10-6+. The Kier molecular flexibility index (Phi) is 3.98. The summed E-state index contributed by atoms with van der Waals surface area (Å²) in [6, 6.07) is 12.4. The summed E-state index contributed by atoms with van der Waals surface area (Å²) in [6.45, 7) is 3.69. The Morgan fingerprint density at radius 3 is 2.71 bits per heavy atom. The third-order valence-electron chi connectivity index (χ3n) is 2.52. The molecule has 0 N–H and O–H groups in total. The van der Waals surface area contributed by atoms with E-state index in [4.69, 9.17) is 4.42 Å². The van der Waals surface area contributed by atoms with Crippen molar-refractivity contribution in [3.8, 4) is 0 Å². The maximum atomic E-state index is 5.40. The van der Waals surface area contributed by atoms with E-state index in [1.54, 1.807) is 0 Å². The van der Waals surface area contributed by atoms with Crippen molar-refractivity contribution in [2.75, 3.05) is 0 Å². The highest BCUT2D eigenvalue weighted by molar-refractivity contribution is 5.49. The first-order valence-corrected chi connectivity index (χ1v) is 5.77. The van der Waals surface area contributed by atoms with Gasteiger partial charge in [0.2, 0.25) is 0 Å². The van der Waals surface area contributed by atoms with Crippen LogP contribution in [-0.4, -0.2) is 0 Å². The number of hydrogen-bond donors (Lipinski definition) is 0. The first-order chi connectivity index (χ1) is 8.38. The van der Waals surface area contributed by atoms with Gasteiger partial charge in [-0.2, -0.15) is 0 Å². The Labute approximate surface area is 102 Å². The van der Waals surface area contributed by atoms with Crippen LogP contribution >= 0.6 is 0 Å². The van der Waals surface area contributed by atoms with Gasteiger partial charge < -0.3 is 4.42 Å².